The molecule has 0 saturated carbocycles. The Hall–Kier alpha value is -1.80. The van der Waals surface area contributed by atoms with Crippen LogP contribution < -0.4 is 21.7 Å². The number of likely N-dealkylation sites (tertiary alicyclic amines) is 1. The first kappa shape index (κ1) is 25.8. The molecular weight excluding hydrogens is 504 g/mol. The Balaban J connectivity index is 1.24. The maximum absolute atomic E-state index is 13.1. The van der Waals surface area contributed by atoms with Crippen molar-refractivity contribution in [2.24, 2.45) is 17.6 Å². The minimum Gasteiger partial charge on any atom is -0.477 e. The monoisotopic (exact) mass is 538 g/mol. The number of carboxylic acid groups (broad SMARTS) is 1. The molecule has 4 fully saturated rings. The van der Waals surface area contributed by atoms with Gasteiger partial charge in [-0.25, -0.2) is 4.79 Å². The Morgan fingerprint density at radius 3 is 2.69 bits per heavy atom. The van der Waals surface area contributed by atoms with Crippen LogP contribution in [0, 0.1) is 11.8 Å². The van der Waals surface area contributed by atoms with E-state index in [0.717, 1.165) is 12.3 Å². The molecule has 36 heavy (non-hydrogen) atoms. The first-order valence-electron chi connectivity index (χ1n) is 12.5. The average molecular weight is 539 g/mol. The Labute approximate surface area is 218 Å². The third kappa shape index (κ3) is 4.53. The number of rotatable bonds is 7. The van der Waals surface area contributed by atoms with Gasteiger partial charge in [-0.05, 0) is 19.8 Å². The topological polar surface area (TPSA) is 157 Å². The summed E-state index contributed by atoms with van der Waals surface area (Å²) in [5, 5.41) is 19.4. The molecule has 13 heteroatoms. The number of hydrogen-bond acceptors (Lipinski definition) is 9. The zero-order valence-electron chi connectivity index (χ0n) is 20.4. The average Bonchev–Trinajstić information content (AvgIpc) is 3.62. The predicted octanol–water partition coefficient (Wildman–Crippen LogP) is -1.05. The van der Waals surface area contributed by atoms with Crippen molar-refractivity contribution in [3.8, 4) is 0 Å². The highest BCUT2D eigenvalue weighted by Crippen LogP contribution is 2.51. The van der Waals surface area contributed by atoms with Crippen molar-refractivity contribution in [2.75, 3.05) is 31.3 Å². The second kappa shape index (κ2) is 10.2. The van der Waals surface area contributed by atoms with Gasteiger partial charge >= 0.3 is 5.97 Å². The number of carboxylic acids is 1. The van der Waals surface area contributed by atoms with E-state index in [-0.39, 0.29) is 58.8 Å². The number of carbonyl (C=O) groups excluding carboxylic acids is 3. The fourth-order valence-corrected chi connectivity index (χ4v) is 8.46. The molecule has 0 spiro atoms. The number of fused-ring (bicyclic) bond motifs is 1. The van der Waals surface area contributed by atoms with Gasteiger partial charge < -0.3 is 31.3 Å². The van der Waals surface area contributed by atoms with Gasteiger partial charge in [0, 0.05) is 59.4 Å². The van der Waals surface area contributed by atoms with Gasteiger partial charge in [-0.1, -0.05) is 6.92 Å². The molecule has 6 N–H and O–H groups in total. The summed E-state index contributed by atoms with van der Waals surface area (Å²) in [5.74, 6) is -0.679. The van der Waals surface area contributed by atoms with Gasteiger partial charge in [-0.3, -0.25) is 19.7 Å². The number of carbonyl (C=O) groups is 4. The second-order valence-electron chi connectivity index (χ2n) is 10.4. The summed E-state index contributed by atoms with van der Waals surface area (Å²) in [5.41, 5.74) is 6.00. The summed E-state index contributed by atoms with van der Waals surface area (Å²) in [6, 6.07) is -1.25. The zero-order valence-corrected chi connectivity index (χ0v) is 22.1. The molecule has 5 aliphatic heterocycles. The molecule has 0 radical (unpaired) electrons. The summed E-state index contributed by atoms with van der Waals surface area (Å²) < 4.78 is 0. The summed E-state index contributed by atoms with van der Waals surface area (Å²) in [6.45, 7) is 5.61. The van der Waals surface area contributed by atoms with E-state index in [9.17, 15) is 24.3 Å². The predicted molar refractivity (Wildman–Crippen MR) is 137 cm³/mol. The van der Waals surface area contributed by atoms with Crippen LogP contribution in [0.15, 0.2) is 10.6 Å². The normalized spacial score (nSPS) is 36.8. The lowest BCUT2D eigenvalue weighted by Crippen LogP contribution is -2.66. The Kier molecular flexibility index (Phi) is 7.29. The second-order valence-corrected chi connectivity index (χ2v) is 12.7. The van der Waals surface area contributed by atoms with Gasteiger partial charge in [-0.15, -0.1) is 23.5 Å². The number of aliphatic carboxylic acids is 1. The quantitative estimate of drug-likeness (QED) is 0.253. The SMILES string of the molecule is C[C@@H](NC(=O)[C@@H]1CSCN1)[C@H]1C(=O)N2C(C(=O)O)=C(S[C@@H]3CN[C@H](C(=O)N4CC[C@@H](N)C4)C3)[C@H](C)[C@H]12. The van der Waals surface area contributed by atoms with E-state index in [1.54, 1.807) is 16.7 Å². The van der Waals surface area contributed by atoms with E-state index >= 15 is 0 Å². The van der Waals surface area contributed by atoms with Gasteiger partial charge in [0.1, 0.15) is 5.70 Å². The molecule has 5 aliphatic rings. The third-order valence-corrected chi connectivity index (χ3v) is 10.4. The maximum Gasteiger partial charge on any atom is 0.353 e. The van der Waals surface area contributed by atoms with Crippen LogP contribution in [0.2, 0.25) is 0 Å². The van der Waals surface area contributed by atoms with Crippen molar-refractivity contribution in [3.05, 3.63) is 10.6 Å². The van der Waals surface area contributed by atoms with E-state index in [2.05, 4.69) is 16.0 Å². The first-order chi connectivity index (χ1) is 17.2. The summed E-state index contributed by atoms with van der Waals surface area (Å²) >= 11 is 3.12. The number of amides is 3. The zero-order chi connectivity index (χ0) is 25.7. The summed E-state index contributed by atoms with van der Waals surface area (Å²) in [7, 11) is 0. The van der Waals surface area contributed by atoms with Crippen molar-refractivity contribution in [1.29, 1.82) is 0 Å². The lowest BCUT2D eigenvalue weighted by atomic mass is 9.78. The number of β-lactam (4-membered cyclic amide) rings is 1. The molecule has 0 aliphatic carbocycles. The Morgan fingerprint density at radius 1 is 1.28 bits per heavy atom. The van der Waals surface area contributed by atoms with Crippen molar-refractivity contribution >= 4 is 47.2 Å². The fourth-order valence-electron chi connectivity index (χ4n) is 6.04. The van der Waals surface area contributed by atoms with Crippen LogP contribution in [-0.4, -0.2) is 105 Å². The summed E-state index contributed by atoms with van der Waals surface area (Å²) in [6.07, 6.45) is 1.41. The largest absolute Gasteiger partial charge is 0.477 e. The van der Waals surface area contributed by atoms with Gasteiger partial charge in [0.25, 0.3) is 0 Å². The molecule has 0 aromatic heterocycles. The molecule has 8 atom stereocenters. The molecular formula is C23H34N6O5S2. The van der Waals surface area contributed by atoms with Crippen LogP contribution in [0.4, 0.5) is 0 Å². The lowest BCUT2D eigenvalue weighted by Gasteiger charge is -2.47. The molecule has 198 valence electrons. The highest BCUT2D eigenvalue weighted by molar-refractivity contribution is 8.03. The van der Waals surface area contributed by atoms with Crippen LogP contribution in [0.5, 0.6) is 0 Å². The van der Waals surface area contributed by atoms with Crippen molar-refractivity contribution in [2.45, 2.75) is 62.1 Å². The smallest absolute Gasteiger partial charge is 0.353 e. The van der Waals surface area contributed by atoms with Crippen LogP contribution in [0.1, 0.15) is 26.7 Å². The molecule has 0 unspecified atom stereocenters. The molecule has 0 aromatic rings. The number of nitrogens with zero attached hydrogens (tertiary/aromatic N) is 2. The third-order valence-electron chi connectivity index (χ3n) is 7.95. The molecule has 0 bridgehead atoms. The fraction of sp³-hybridized carbons (Fsp3) is 0.739. The van der Waals surface area contributed by atoms with E-state index in [1.807, 2.05) is 13.8 Å². The molecule has 5 rings (SSSR count). The van der Waals surface area contributed by atoms with Gasteiger partial charge in [0.05, 0.1) is 24.0 Å². The number of nitrogens with one attached hydrogen (secondary N) is 3. The van der Waals surface area contributed by atoms with E-state index in [4.69, 9.17) is 5.73 Å². The maximum atomic E-state index is 13.1. The van der Waals surface area contributed by atoms with Crippen LogP contribution in [-0.2, 0) is 19.2 Å². The van der Waals surface area contributed by atoms with E-state index < -0.39 is 17.9 Å². The first-order valence-corrected chi connectivity index (χ1v) is 14.6. The molecule has 4 saturated heterocycles. The van der Waals surface area contributed by atoms with Gasteiger partial charge in [-0.2, -0.15) is 0 Å². The highest BCUT2D eigenvalue weighted by Gasteiger charge is 2.60. The van der Waals surface area contributed by atoms with Gasteiger partial charge in [0.2, 0.25) is 17.7 Å². The molecule has 0 aromatic carbocycles. The van der Waals surface area contributed by atoms with Crippen molar-refractivity contribution < 1.29 is 24.3 Å². The van der Waals surface area contributed by atoms with Crippen molar-refractivity contribution in [1.82, 2.24) is 25.8 Å². The number of hydrogen-bond donors (Lipinski definition) is 5. The van der Waals surface area contributed by atoms with Crippen LogP contribution in [0.25, 0.3) is 0 Å². The number of nitrogens with two attached hydrogens (primary N) is 1. The highest BCUT2D eigenvalue weighted by atomic mass is 32.2. The van der Waals surface area contributed by atoms with Crippen LogP contribution >= 0.6 is 23.5 Å². The Bertz CT molecular complexity index is 988. The molecule has 3 amide bonds. The summed E-state index contributed by atoms with van der Waals surface area (Å²) in [4.78, 5) is 54.7. The van der Waals surface area contributed by atoms with Crippen molar-refractivity contribution in [3.63, 3.8) is 0 Å². The van der Waals surface area contributed by atoms with Gasteiger partial charge in [0.15, 0.2) is 0 Å². The number of thioether (sulfide) groups is 2. The minimum atomic E-state index is -1.12. The Morgan fingerprint density at radius 2 is 2.06 bits per heavy atom. The molecule has 5 heterocycles. The van der Waals surface area contributed by atoms with Crippen LogP contribution in [0.3, 0.4) is 0 Å². The molecule has 11 nitrogen and oxygen atoms in total. The lowest BCUT2D eigenvalue weighted by molar-refractivity contribution is -0.158. The van der Waals surface area contributed by atoms with E-state index in [1.165, 1.54) is 16.7 Å². The van der Waals surface area contributed by atoms with E-state index in [0.29, 0.717) is 36.7 Å². The standard InChI is InChI=1S/C23H34N6O5S2/c1-10-17-16(11(2)27-20(30)15-8-35-9-26-15)22(32)29(17)18(23(33)34)19(10)36-13-5-14(25-6-13)21(31)28-4-3-12(24)7-28/h10-17,25-26H,3-9,24H2,1-2H3,(H,27,30)(H,33,34)/t10-,11-,12-,13+,14+,15+,16-,17-/m1/s1. The minimum absolute atomic E-state index is 0.0253.